The molecule has 1 fully saturated rings. The Bertz CT molecular complexity index is 1360. The Balaban J connectivity index is 1.37. The van der Waals surface area contributed by atoms with Gasteiger partial charge in [0.2, 0.25) is 0 Å². The lowest BCUT2D eigenvalue weighted by molar-refractivity contribution is -0.0461. The van der Waals surface area contributed by atoms with E-state index in [0.29, 0.717) is 31.2 Å². The van der Waals surface area contributed by atoms with Gasteiger partial charge < -0.3 is 10.4 Å². The maximum Gasteiger partial charge on any atom is 0.251 e. The van der Waals surface area contributed by atoms with E-state index in [1.54, 1.807) is 24.3 Å². The molecule has 2 aliphatic rings. The fraction of sp³-hybridized carbons (Fsp3) is 0.310. The molecule has 1 saturated carbocycles. The summed E-state index contributed by atoms with van der Waals surface area (Å²) < 4.78 is 28.3. The van der Waals surface area contributed by atoms with Gasteiger partial charge in [0, 0.05) is 11.0 Å². The topological polar surface area (TPSA) is 67.2 Å². The lowest BCUT2D eigenvalue weighted by atomic mass is 9.65. The maximum absolute atomic E-state index is 13.4. The van der Waals surface area contributed by atoms with Crippen LogP contribution in [0.15, 0.2) is 72.7 Å². The lowest BCUT2D eigenvalue weighted by Gasteiger charge is -2.42. The number of carbonyl (C=O) groups is 1. The number of nitrogens with one attached hydrogen (secondary N) is 1. The minimum atomic E-state index is -0.953. The van der Waals surface area contributed by atoms with E-state index in [9.17, 15) is 18.7 Å². The van der Waals surface area contributed by atoms with Gasteiger partial charge in [-0.15, -0.1) is 0 Å². The molecule has 1 heterocycles. The third-order valence-electron chi connectivity index (χ3n) is 7.87. The molecule has 5 nitrogen and oxygen atoms in total. The molecule has 2 N–H and O–H groups in total. The van der Waals surface area contributed by atoms with Gasteiger partial charge in [0.15, 0.2) is 0 Å². The Morgan fingerprint density at radius 3 is 2.72 bits per heavy atom. The molecular formula is C29H29F2N3O2. The summed E-state index contributed by atoms with van der Waals surface area (Å²) in [4.78, 5) is 12.6. The second kappa shape index (κ2) is 9.13. The molecule has 1 amide bonds. The first-order valence-corrected chi connectivity index (χ1v) is 12.2. The summed E-state index contributed by atoms with van der Waals surface area (Å²) in [6, 6.07) is 13.5. The molecule has 0 unspecified atom stereocenters. The summed E-state index contributed by atoms with van der Waals surface area (Å²) in [5.74, 6) is -1.25. The molecule has 0 bridgehead atoms. The van der Waals surface area contributed by atoms with Gasteiger partial charge in [0.05, 0.1) is 29.7 Å². The first-order chi connectivity index (χ1) is 17.2. The van der Waals surface area contributed by atoms with Crippen LogP contribution in [-0.4, -0.2) is 32.9 Å². The minimum Gasteiger partial charge on any atom is -0.389 e. The normalized spacial score (nSPS) is 22.5. The van der Waals surface area contributed by atoms with Crippen molar-refractivity contribution in [3.8, 4) is 5.69 Å². The van der Waals surface area contributed by atoms with Gasteiger partial charge in [-0.2, -0.15) is 5.10 Å². The van der Waals surface area contributed by atoms with E-state index in [4.69, 9.17) is 0 Å². The van der Waals surface area contributed by atoms with Crippen molar-refractivity contribution in [3.63, 3.8) is 0 Å². The quantitative estimate of drug-likeness (QED) is 0.472. The molecule has 0 saturated heterocycles. The molecule has 186 valence electrons. The third-order valence-corrected chi connectivity index (χ3v) is 7.87. The van der Waals surface area contributed by atoms with Gasteiger partial charge in [-0.3, -0.25) is 4.79 Å². The van der Waals surface area contributed by atoms with Crippen LogP contribution in [0.1, 0.15) is 53.4 Å². The van der Waals surface area contributed by atoms with Gasteiger partial charge in [0.1, 0.15) is 11.6 Å². The summed E-state index contributed by atoms with van der Waals surface area (Å²) in [5.41, 5.74) is 3.85. The lowest BCUT2D eigenvalue weighted by Crippen LogP contribution is -2.45. The van der Waals surface area contributed by atoms with E-state index >= 15 is 0 Å². The SMILES string of the molecule is C=C(F)CNC(=O)c1ccccc1CC[C@]1(O)CCC2=Cc3c(cnn3-c3ccc(F)cc3)C[C@@]21C. The Labute approximate surface area is 209 Å². The van der Waals surface area contributed by atoms with Crippen molar-refractivity contribution in [3.05, 3.63) is 101 Å². The number of hydrogen-bond donors (Lipinski definition) is 2. The zero-order valence-corrected chi connectivity index (χ0v) is 20.2. The predicted molar refractivity (Wildman–Crippen MR) is 135 cm³/mol. The Morgan fingerprint density at radius 2 is 1.97 bits per heavy atom. The maximum atomic E-state index is 13.4. The molecular weight excluding hydrogens is 460 g/mol. The zero-order chi connectivity index (χ0) is 25.5. The molecule has 0 radical (unpaired) electrons. The monoisotopic (exact) mass is 489 g/mol. The van der Waals surface area contributed by atoms with E-state index in [1.165, 1.54) is 17.7 Å². The highest BCUT2D eigenvalue weighted by Crippen LogP contribution is 2.56. The molecule has 0 spiro atoms. The molecule has 2 atom stereocenters. The number of benzene rings is 2. The minimum absolute atomic E-state index is 0.225. The van der Waals surface area contributed by atoms with E-state index in [0.717, 1.165) is 28.9 Å². The Morgan fingerprint density at radius 1 is 1.22 bits per heavy atom. The number of aliphatic hydroxyl groups is 1. The molecule has 36 heavy (non-hydrogen) atoms. The van der Waals surface area contributed by atoms with Crippen LogP contribution in [0.3, 0.4) is 0 Å². The molecule has 2 aliphatic carbocycles. The highest BCUT2D eigenvalue weighted by molar-refractivity contribution is 5.95. The molecule has 0 aliphatic heterocycles. The fourth-order valence-electron chi connectivity index (χ4n) is 5.69. The van der Waals surface area contributed by atoms with Crippen LogP contribution < -0.4 is 5.32 Å². The van der Waals surface area contributed by atoms with Crippen molar-refractivity contribution in [2.24, 2.45) is 5.41 Å². The number of rotatable bonds is 7. The molecule has 3 aromatic rings. The third kappa shape index (κ3) is 4.17. The number of amides is 1. The van der Waals surface area contributed by atoms with E-state index < -0.39 is 16.8 Å². The van der Waals surface area contributed by atoms with Crippen LogP contribution in [-0.2, 0) is 12.8 Å². The summed E-state index contributed by atoms with van der Waals surface area (Å²) in [7, 11) is 0. The average molecular weight is 490 g/mol. The highest BCUT2D eigenvalue weighted by Gasteiger charge is 2.54. The second-order valence-electron chi connectivity index (χ2n) is 10.0. The largest absolute Gasteiger partial charge is 0.389 e. The number of carbonyl (C=O) groups excluding carboxylic acids is 1. The van der Waals surface area contributed by atoms with Crippen LogP contribution in [0, 0.1) is 11.2 Å². The summed E-state index contributed by atoms with van der Waals surface area (Å²) >= 11 is 0. The Hall–Kier alpha value is -3.58. The summed E-state index contributed by atoms with van der Waals surface area (Å²) in [6.45, 7) is 5.07. The number of aryl methyl sites for hydroxylation is 1. The summed E-state index contributed by atoms with van der Waals surface area (Å²) in [6.07, 6.45) is 6.99. The van der Waals surface area contributed by atoms with Gasteiger partial charge in [-0.05, 0) is 79.6 Å². The second-order valence-corrected chi connectivity index (χ2v) is 10.0. The molecule has 5 rings (SSSR count). The van der Waals surface area contributed by atoms with Crippen LogP contribution in [0.25, 0.3) is 11.8 Å². The van der Waals surface area contributed by atoms with Crippen molar-refractivity contribution in [2.45, 2.75) is 44.6 Å². The number of nitrogens with zero attached hydrogens (tertiary/aromatic N) is 2. The first kappa shape index (κ1) is 24.1. The smallest absolute Gasteiger partial charge is 0.251 e. The van der Waals surface area contributed by atoms with Crippen molar-refractivity contribution < 1.29 is 18.7 Å². The van der Waals surface area contributed by atoms with Crippen molar-refractivity contribution in [1.29, 1.82) is 0 Å². The van der Waals surface area contributed by atoms with Crippen LogP contribution >= 0.6 is 0 Å². The summed E-state index contributed by atoms with van der Waals surface area (Å²) in [5, 5.41) is 19.0. The van der Waals surface area contributed by atoms with Crippen LogP contribution in [0.5, 0.6) is 0 Å². The average Bonchev–Trinajstić information content (AvgIpc) is 3.38. The van der Waals surface area contributed by atoms with Gasteiger partial charge in [-0.1, -0.05) is 37.3 Å². The van der Waals surface area contributed by atoms with Gasteiger partial charge >= 0.3 is 0 Å². The zero-order valence-electron chi connectivity index (χ0n) is 20.2. The first-order valence-electron chi connectivity index (χ1n) is 12.2. The predicted octanol–water partition coefficient (Wildman–Crippen LogP) is 5.33. The number of hydrogen-bond acceptors (Lipinski definition) is 3. The van der Waals surface area contributed by atoms with Crippen molar-refractivity contribution in [1.82, 2.24) is 15.1 Å². The molecule has 2 aromatic carbocycles. The molecule has 1 aromatic heterocycles. The molecule has 7 heteroatoms. The van der Waals surface area contributed by atoms with Crippen molar-refractivity contribution in [2.75, 3.05) is 6.54 Å². The standard InChI is InChI=1S/C29H29F2N3O2/c1-19(30)17-32-27(35)25-6-4-3-5-20(25)11-13-29(36)14-12-22-15-26-21(16-28(22,29)2)18-33-34(26)24-9-7-23(31)8-10-24/h3-10,15,18,36H,1,11-14,16-17H2,2H3,(H,32,35)/t28-,29-/m0/s1. The number of aromatic nitrogens is 2. The van der Waals surface area contributed by atoms with Crippen LogP contribution in [0.2, 0.25) is 0 Å². The van der Waals surface area contributed by atoms with Crippen LogP contribution in [0.4, 0.5) is 8.78 Å². The van der Waals surface area contributed by atoms with E-state index in [-0.39, 0.29) is 18.3 Å². The number of fused-ring (bicyclic) bond motifs is 2. The van der Waals surface area contributed by atoms with E-state index in [1.807, 2.05) is 23.0 Å². The van der Waals surface area contributed by atoms with E-state index in [2.05, 4.69) is 30.0 Å². The van der Waals surface area contributed by atoms with Crippen molar-refractivity contribution >= 4 is 12.0 Å². The van der Waals surface area contributed by atoms with Gasteiger partial charge in [-0.25, -0.2) is 13.5 Å². The highest BCUT2D eigenvalue weighted by atomic mass is 19.1. The Kier molecular flexibility index (Phi) is 6.12. The number of halogens is 2. The van der Waals surface area contributed by atoms with Gasteiger partial charge in [0.25, 0.3) is 5.91 Å². The fourth-order valence-corrected chi connectivity index (χ4v) is 5.69.